The van der Waals surface area contributed by atoms with Crippen molar-refractivity contribution in [3.63, 3.8) is 0 Å². The Morgan fingerprint density at radius 3 is 2.65 bits per heavy atom. The molecule has 0 spiro atoms. The summed E-state index contributed by atoms with van der Waals surface area (Å²) in [5.74, 6) is -0.152. The molecule has 1 aliphatic carbocycles. The zero-order chi connectivity index (χ0) is 14.9. The van der Waals surface area contributed by atoms with Gasteiger partial charge in [0.2, 0.25) is 0 Å². The number of ether oxygens (including phenoxy) is 1. The lowest BCUT2D eigenvalue weighted by molar-refractivity contribution is -0.126. The molecule has 5 nitrogen and oxygen atoms in total. The van der Waals surface area contributed by atoms with Crippen LogP contribution in [0.15, 0.2) is 0 Å². The number of aryl methyl sites for hydroxylation is 1. The summed E-state index contributed by atoms with van der Waals surface area (Å²) in [6.07, 6.45) is 1.84. The fourth-order valence-corrected chi connectivity index (χ4v) is 2.93. The zero-order valence-electron chi connectivity index (χ0n) is 12.0. The van der Waals surface area contributed by atoms with Crippen molar-refractivity contribution >= 4 is 28.2 Å². The first-order valence-corrected chi connectivity index (χ1v) is 7.54. The van der Waals surface area contributed by atoms with Crippen molar-refractivity contribution in [2.24, 2.45) is 11.7 Å². The number of carbonyl (C=O) groups excluding carboxylic acids is 2. The summed E-state index contributed by atoms with van der Waals surface area (Å²) in [5, 5.41) is 3.26. The summed E-state index contributed by atoms with van der Waals surface area (Å²) in [4.78, 5) is 24.5. The third-order valence-electron chi connectivity index (χ3n) is 3.52. The van der Waals surface area contributed by atoms with Gasteiger partial charge in [0, 0.05) is 4.88 Å². The average Bonchev–Trinajstić information content (AvgIpc) is 3.14. The number of rotatable bonds is 6. The number of nitrogens with two attached hydrogens (primary N) is 1. The third kappa shape index (κ3) is 3.37. The Kier molecular flexibility index (Phi) is 4.45. The Morgan fingerprint density at radius 1 is 1.45 bits per heavy atom. The van der Waals surface area contributed by atoms with Crippen LogP contribution in [0.25, 0.3) is 0 Å². The first-order valence-electron chi connectivity index (χ1n) is 6.72. The Hall–Kier alpha value is -1.40. The molecule has 110 valence electrons. The molecular weight excluding hydrogens is 276 g/mol. The maximum atomic E-state index is 12.1. The van der Waals surface area contributed by atoms with Gasteiger partial charge in [-0.25, -0.2) is 0 Å². The Morgan fingerprint density at radius 2 is 2.10 bits per heavy atom. The van der Waals surface area contributed by atoms with E-state index < -0.39 is 12.0 Å². The molecule has 0 aliphatic heterocycles. The molecule has 1 fully saturated rings. The molecule has 1 aliphatic rings. The van der Waals surface area contributed by atoms with Gasteiger partial charge in [0.15, 0.2) is 0 Å². The van der Waals surface area contributed by atoms with Gasteiger partial charge in [0.25, 0.3) is 11.8 Å². The summed E-state index contributed by atoms with van der Waals surface area (Å²) in [6, 6.07) is 0. The van der Waals surface area contributed by atoms with Gasteiger partial charge in [-0.3, -0.25) is 9.59 Å². The highest BCUT2D eigenvalue weighted by Crippen LogP contribution is 2.32. The molecule has 20 heavy (non-hydrogen) atoms. The molecule has 1 saturated carbocycles. The van der Waals surface area contributed by atoms with Gasteiger partial charge >= 0.3 is 0 Å². The molecule has 6 heteroatoms. The third-order valence-corrected chi connectivity index (χ3v) is 4.64. The van der Waals surface area contributed by atoms with Gasteiger partial charge in [0.1, 0.15) is 11.1 Å². The maximum Gasteiger partial charge on any atom is 0.253 e. The van der Waals surface area contributed by atoms with Crippen molar-refractivity contribution in [2.75, 3.05) is 11.9 Å². The second kappa shape index (κ2) is 5.93. The minimum Gasteiger partial charge on any atom is -0.368 e. The average molecular weight is 296 g/mol. The fraction of sp³-hybridized carbons (Fsp3) is 0.571. The molecule has 0 saturated heterocycles. The molecule has 1 aromatic rings. The molecule has 0 unspecified atom stereocenters. The highest BCUT2D eigenvalue weighted by Gasteiger charge is 2.25. The first-order chi connectivity index (χ1) is 9.40. The maximum absolute atomic E-state index is 12.1. The summed E-state index contributed by atoms with van der Waals surface area (Å²) in [6.45, 7) is 6.07. The highest BCUT2D eigenvalue weighted by atomic mass is 32.1. The molecule has 1 aromatic heterocycles. The molecular formula is C14H20N2O3S. The second-order valence-corrected chi connectivity index (χ2v) is 6.48. The number of carbonyl (C=O) groups is 2. The number of hydrogen-bond acceptors (Lipinski definition) is 4. The lowest BCUT2D eigenvalue weighted by Crippen LogP contribution is -2.29. The van der Waals surface area contributed by atoms with Crippen LogP contribution in [0.4, 0.5) is 5.00 Å². The summed E-state index contributed by atoms with van der Waals surface area (Å²) < 4.78 is 5.51. The number of thiophene rings is 1. The van der Waals surface area contributed by atoms with Crippen LogP contribution in [0.2, 0.25) is 0 Å². The number of hydrogen-bond donors (Lipinski definition) is 2. The molecule has 0 aromatic carbocycles. The number of anilines is 1. The van der Waals surface area contributed by atoms with E-state index in [1.54, 1.807) is 6.92 Å². The Bertz CT molecular complexity index is 535. The molecule has 1 heterocycles. The van der Waals surface area contributed by atoms with E-state index in [4.69, 9.17) is 10.5 Å². The molecule has 3 N–H and O–H groups in total. The smallest absolute Gasteiger partial charge is 0.253 e. The topological polar surface area (TPSA) is 81.4 Å². The van der Waals surface area contributed by atoms with Crippen molar-refractivity contribution in [1.29, 1.82) is 0 Å². The van der Waals surface area contributed by atoms with E-state index in [2.05, 4.69) is 5.32 Å². The number of primary amides is 1. The van der Waals surface area contributed by atoms with Crippen LogP contribution < -0.4 is 11.1 Å². The van der Waals surface area contributed by atoms with E-state index in [1.165, 1.54) is 24.2 Å². The monoisotopic (exact) mass is 296 g/mol. The lowest BCUT2D eigenvalue weighted by Gasteiger charge is -2.12. The number of nitrogens with one attached hydrogen (secondary N) is 1. The van der Waals surface area contributed by atoms with Crippen molar-refractivity contribution in [3.05, 3.63) is 16.0 Å². The van der Waals surface area contributed by atoms with Crippen LogP contribution >= 0.6 is 11.3 Å². The van der Waals surface area contributed by atoms with Crippen LogP contribution in [0.5, 0.6) is 0 Å². The Balaban J connectivity index is 2.02. The van der Waals surface area contributed by atoms with E-state index in [9.17, 15) is 9.59 Å². The van der Waals surface area contributed by atoms with Crippen LogP contribution in [0.3, 0.4) is 0 Å². The zero-order valence-corrected chi connectivity index (χ0v) is 12.8. The van der Waals surface area contributed by atoms with Crippen molar-refractivity contribution in [3.8, 4) is 0 Å². The van der Waals surface area contributed by atoms with Gasteiger partial charge < -0.3 is 15.8 Å². The fourth-order valence-electron chi connectivity index (χ4n) is 1.87. The molecule has 1 atom stereocenters. The minimum absolute atomic E-state index is 0.241. The minimum atomic E-state index is -0.529. The molecule has 2 amide bonds. The van der Waals surface area contributed by atoms with Gasteiger partial charge in [-0.2, -0.15) is 0 Å². The normalized spacial score (nSPS) is 15.9. The van der Waals surface area contributed by atoms with Gasteiger partial charge in [0.05, 0.1) is 12.2 Å². The van der Waals surface area contributed by atoms with E-state index in [1.807, 2.05) is 13.8 Å². The van der Waals surface area contributed by atoms with Crippen molar-refractivity contribution < 1.29 is 14.3 Å². The molecule has 0 bridgehead atoms. The summed E-state index contributed by atoms with van der Waals surface area (Å²) in [5.41, 5.74) is 6.59. The van der Waals surface area contributed by atoms with Crippen molar-refractivity contribution in [1.82, 2.24) is 0 Å². The van der Waals surface area contributed by atoms with Gasteiger partial charge in [-0.1, -0.05) is 0 Å². The van der Waals surface area contributed by atoms with Gasteiger partial charge in [-0.05, 0) is 45.1 Å². The predicted molar refractivity (Wildman–Crippen MR) is 79.1 cm³/mol. The van der Waals surface area contributed by atoms with Crippen LogP contribution in [0, 0.1) is 19.8 Å². The van der Waals surface area contributed by atoms with E-state index >= 15 is 0 Å². The van der Waals surface area contributed by atoms with E-state index in [-0.39, 0.29) is 5.91 Å². The molecule has 0 radical (unpaired) electrons. The first kappa shape index (κ1) is 15.0. The van der Waals surface area contributed by atoms with Crippen LogP contribution in [0.1, 0.15) is 40.6 Å². The van der Waals surface area contributed by atoms with Crippen molar-refractivity contribution in [2.45, 2.75) is 39.7 Å². The predicted octanol–water partition coefficient (Wildman–Crippen LogP) is 2.22. The van der Waals surface area contributed by atoms with E-state index in [0.29, 0.717) is 23.1 Å². The highest BCUT2D eigenvalue weighted by molar-refractivity contribution is 7.16. The van der Waals surface area contributed by atoms with E-state index in [0.717, 1.165) is 10.4 Å². The summed E-state index contributed by atoms with van der Waals surface area (Å²) in [7, 11) is 0. The summed E-state index contributed by atoms with van der Waals surface area (Å²) >= 11 is 1.36. The largest absolute Gasteiger partial charge is 0.368 e. The quantitative estimate of drug-likeness (QED) is 0.844. The lowest BCUT2D eigenvalue weighted by atomic mass is 10.1. The number of amides is 2. The Labute approximate surface area is 122 Å². The molecule has 2 rings (SSSR count). The van der Waals surface area contributed by atoms with Crippen LogP contribution in [-0.4, -0.2) is 24.5 Å². The standard InChI is InChI=1S/C14H20N2O3S/c1-7-9(3)20-14(11(7)12(15)17)16-13(18)8(2)19-6-10-4-5-10/h8,10H,4-6H2,1-3H3,(H2,15,17)(H,16,18)/t8-/m1/s1. The van der Waals surface area contributed by atoms with Crippen LogP contribution in [-0.2, 0) is 9.53 Å². The van der Waals surface area contributed by atoms with Gasteiger partial charge in [-0.15, -0.1) is 11.3 Å². The second-order valence-electron chi connectivity index (χ2n) is 5.26. The SMILES string of the molecule is Cc1sc(NC(=O)[C@@H](C)OCC2CC2)c(C(N)=O)c1C.